The largest absolute Gasteiger partial charge is 0.491 e. The lowest BCUT2D eigenvalue weighted by Gasteiger charge is -2.19. The van der Waals surface area contributed by atoms with Crippen LogP contribution in [0.15, 0.2) is 53.6 Å². The molecule has 8 nitrogen and oxygen atoms in total. The van der Waals surface area contributed by atoms with Crippen molar-refractivity contribution in [2.75, 3.05) is 6.61 Å². The minimum absolute atomic E-state index is 0.00568. The van der Waals surface area contributed by atoms with Crippen molar-refractivity contribution in [2.24, 2.45) is 0 Å². The van der Waals surface area contributed by atoms with Gasteiger partial charge in [0.05, 0.1) is 28.7 Å². The Morgan fingerprint density at radius 1 is 1.21 bits per heavy atom. The Kier molecular flexibility index (Phi) is 5.65. The van der Waals surface area contributed by atoms with Crippen LogP contribution in [-0.4, -0.2) is 32.3 Å². The molecular weight excluding hydrogens is 374 g/mol. The molecule has 0 spiro atoms. The molecule has 0 aliphatic carbocycles. The normalized spacial score (nSPS) is 12.7. The fraction of sp³-hybridized carbons (Fsp3) is 0.333. The van der Waals surface area contributed by atoms with Crippen LogP contribution in [0.2, 0.25) is 0 Å². The standard InChI is InChI=1S/C21H23N3O5/c1-21(2,3)14-4-7-17(8-5-14)29-12-16(25)11-23-13-22-19-9-6-15(24(27)28)10-18(19)20(23)26/h4-10,13,16,25H,11-12H2,1-3H3. The molecule has 0 fully saturated rings. The highest BCUT2D eigenvalue weighted by Crippen LogP contribution is 2.24. The number of ether oxygens (including phenoxy) is 1. The van der Waals surface area contributed by atoms with Crippen LogP contribution in [0.4, 0.5) is 5.69 Å². The number of hydrogen-bond donors (Lipinski definition) is 1. The van der Waals surface area contributed by atoms with E-state index in [0.29, 0.717) is 11.3 Å². The van der Waals surface area contributed by atoms with Crippen molar-refractivity contribution in [2.45, 2.75) is 38.8 Å². The number of nitro groups is 1. The summed E-state index contributed by atoms with van der Waals surface area (Å²) in [4.78, 5) is 27.1. The van der Waals surface area contributed by atoms with Crippen molar-refractivity contribution in [3.05, 3.63) is 74.8 Å². The van der Waals surface area contributed by atoms with Crippen LogP contribution in [0.5, 0.6) is 5.75 Å². The van der Waals surface area contributed by atoms with Gasteiger partial charge in [-0.15, -0.1) is 0 Å². The summed E-state index contributed by atoms with van der Waals surface area (Å²) in [5.74, 6) is 0.622. The van der Waals surface area contributed by atoms with Crippen LogP contribution >= 0.6 is 0 Å². The highest BCUT2D eigenvalue weighted by molar-refractivity contribution is 5.79. The van der Waals surface area contributed by atoms with E-state index in [1.54, 1.807) is 0 Å². The van der Waals surface area contributed by atoms with Crippen LogP contribution in [0.25, 0.3) is 10.9 Å². The first-order chi connectivity index (χ1) is 13.6. The third-order valence-electron chi connectivity index (χ3n) is 4.59. The van der Waals surface area contributed by atoms with Gasteiger partial charge in [-0.05, 0) is 29.2 Å². The summed E-state index contributed by atoms with van der Waals surface area (Å²) in [6.45, 7) is 6.32. The van der Waals surface area contributed by atoms with E-state index < -0.39 is 16.6 Å². The number of rotatable bonds is 6. The van der Waals surface area contributed by atoms with E-state index in [0.717, 1.165) is 0 Å². The fourth-order valence-corrected chi connectivity index (χ4v) is 2.91. The molecule has 1 unspecified atom stereocenters. The van der Waals surface area contributed by atoms with Crippen LogP contribution < -0.4 is 10.3 Å². The van der Waals surface area contributed by atoms with Gasteiger partial charge in [-0.3, -0.25) is 19.5 Å². The van der Waals surface area contributed by atoms with E-state index in [2.05, 4.69) is 25.8 Å². The molecule has 0 aliphatic heterocycles. The minimum atomic E-state index is -0.951. The lowest BCUT2D eigenvalue weighted by atomic mass is 9.87. The van der Waals surface area contributed by atoms with Gasteiger partial charge in [0.15, 0.2) is 0 Å². The van der Waals surface area contributed by atoms with Crippen molar-refractivity contribution >= 4 is 16.6 Å². The molecule has 8 heteroatoms. The molecule has 0 saturated carbocycles. The topological polar surface area (TPSA) is 107 Å². The number of hydrogen-bond acceptors (Lipinski definition) is 6. The maximum absolute atomic E-state index is 12.6. The van der Waals surface area contributed by atoms with Crippen LogP contribution in [0.1, 0.15) is 26.3 Å². The molecule has 0 saturated heterocycles. The molecule has 152 valence electrons. The Balaban J connectivity index is 1.69. The maximum atomic E-state index is 12.6. The predicted molar refractivity (Wildman–Crippen MR) is 109 cm³/mol. The fourth-order valence-electron chi connectivity index (χ4n) is 2.91. The molecule has 0 bridgehead atoms. The number of non-ortho nitro benzene ring substituents is 1. The summed E-state index contributed by atoms with van der Waals surface area (Å²) in [5, 5.41) is 21.3. The van der Waals surface area contributed by atoms with Crippen LogP contribution in [0.3, 0.4) is 0 Å². The van der Waals surface area contributed by atoms with Crippen molar-refractivity contribution in [3.8, 4) is 5.75 Å². The Bertz CT molecular complexity index is 1080. The van der Waals surface area contributed by atoms with Crippen LogP contribution in [0, 0.1) is 10.1 Å². The summed E-state index contributed by atoms with van der Waals surface area (Å²) in [7, 11) is 0. The number of aliphatic hydroxyl groups is 1. The van der Waals surface area contributed by atoms with Gasteiger partial charge < -0.3 is 9.84 Å². The molecular formula is C21H23N3O5. The Morgan fingerprint density at radius 2 is 1.90 bits per heavy atom. The van der Waals surface area contributed by atoms with E-state index in [-0.39, 0.29) is 29.6 Å². The lowest BCUT2D eigenvalue weighted by Crippen LogP contribution is -2.30. The van der Waals surface area contributed by atoms with Crippen molar-refractivity contribution in [1.82, 2.24) is 9.55 Å². The highest BCUT2D eigenvalue weighted by atomic mass is 16.6. The molecule has 1 heterocycles. The molecule has 29 heavy (non-hydrogen) atoms. The van der Waals surface area contributed by atoms with Gasteiger partial charge in [0, 0.05) is 12.1 Å². The zero-order chi connectivity index (χ0) is 21.2. The minimum Gasteiger partial charge on any atom is -0.491 e. The Hall–Kier alpha value is -3.26. The smallest absolute Gasteiger partial charge is 0.270 e. The van der Waals surface area contributed by atoms with Gasteiger partial charge in [-0.25, -0.2) is 4.98 Å². The number of benzene rings is 2. The molecule has 0 amide bonds. The first-order valence-electron chi connectivity index (χ1n) is 9.20. The third-order valence-corrected chi connectivity index (χ3v) is 4.59. The second-order valence-corrected chi connectivity index (χ2v) is 7.90. The summed E-state index contributed by atoms with van der Waals surface area (Å²) in [6, 6.07) is 11.6. The van der Waals surface area contributed by atoms with Gasteiger partial charge in [-0.1, -0.05) is 32.9 Å². The summed E-state index contributed by atoms with van der Waals surface area (Å²) < 4.78 is 6.84. The van der Waals surface area contributed by atoms with E-state index in [1.807, 2.05) is 24.3 Å². The Morgan fingerprint density at radius 3 is 2.52 bits per heavy atom. The van der Waals surface area contributed by atoms with E-state index in [4.69, 9.17) is 4.74 Å². The molecule has 2 aromatic carbocycles. The first-order valence-corrected chi connectivity index (χ1v) is 9.20. The first kappa shape index (κ1) is 20.5. The average Bonchev–Trinajstić information content (AvgIpc) is 2.68. The average molecular weight is 397 g/mol. The molecule has 0 aliphatic rings. The third kappa shape index (κ3) is 4.78. The van der Waals surface area contributed by atoms with Gasteiger partial charge in [0.25, 0.3) is 11.2 Å². The van der Waals surface area contributed by atoms with E-state index >= 15 is 0 Å². The van der Waals surface area contributed by atoms with Crippen molar-refractivity contribution in [3.63, 3.8) is 0 Å². The zero-order valence-corrected chi connectivity index (χ0v) is 16.5. The number of nitrogens with zero attached hydrogens (tertiary/aromatic N) is 3. The summed E-state index contributed by atoms with van der Waals surface area (Å²) in [6.07, 6.45) is 0.366. The van der Waals surface area contributed by atoms with E-state index in [1.165, 1.54) is 34.7 Å². The predicted octanol–water partition coefficient (Wildman–Crippen LogP) is 3.04. The molecule has 1 atom stereocenters. The second kappa shape index (κ2) is 8.00. The zero-order valence-electron chi connectivity index (χ0n) is 16.5. The molecule has 0 radical (unpaired) electrons. The SMILES string of the molecule is CC(C)(C)c1ccc(OCC(O)Cn2cnc3ccc([N+](=O)[O-])cc3c2=O)cc1. The van der Waals surface area contributed by atoms with Crippen molar-refractivity contribution < 1.29 is 14.8 Å². The van der Waals surface area contributed by atoms with Gasteiger partial charge in [0.2, 0.25) is 0 Å². The van der Waals surface area contributed by atoms with Crippen LogP contribution in [-0.2, 0) is 12.0 Å². The molecule has 3 aromatic rings. The Labute approximate surface area is 167 Å². The maximum Gasteiger partial charge on any atom is 0.270 e. The number of fused-ring (bicyclic) bond motifs is 1. The van der Waals surface area contributed by atoms with Gasteiger partial charge in [0.1, 0.15) is 18.5 Å². The van der Waals surface area contributed by atoms with E-state index in [9.17, 15) is 20.0 Å². The molecule has 1 N–H and O–H groups in total. The van der Waals surface area contributed by atoms with Gasteiger partial charge in [-0.2, -0.15) is 0 Å². The number of aromatic nitrogens is 2. The lowest BCUT2D eigenvalue weighted by molar-refractivity contribution is -0.384. The molecule has 3 rings (SSSR count). The van der Waals surface area contributed by atoms with Crippen molar-refractivity contribution in [1.29, 1.82) is 0 Å². The van der Waals surface area contributed by atoms with Gasteiger partial charge >= 0.3 is 0 Å². The highest BCUT2D eigenvalue weighted by Gasteiger charge is 2.15. The number of aliphatic hydroxyl groups excluding tert-OH is 1. The summed E-state index contributed by atoms with van der Waals surface area (Å²) >= 11 is 0. The molecule has 1 aromatic heterocycles. The summed E-state index contributed by atoms with van der Waals surface area (Å²) in [5.41, 5.74) is 0.941. The monoisotopic (exact) mass is 397 g/mol. The number of nitro benzene ring substituents is 1. The quantitative estimate of drug-likeness (QED) is 0.506. The second-order valence-electron chi connectivity index (χ2n) is 7.90.